The quantitative estimate of drug-likeness (QED) is 0.855. The molecule has 0 saturated carbocycles. The maximum atomic E-state index is 12.7. The summed E-state index contributed by atoms with van der Waals surface area (Å²) < 4.78 is 17.4. The number of furan rings is 1. The Kier molecular flexibility index (Phi) is 4.44. The summed E-state index contributed by atoms with van der Waals surface area (Å²) in [4.78, 5) is 18.6. The van der Waals surface area contributed by atoms with Crippen molar-refractivity contribution in [3.8, 4) is 5.75 Å². The van der Waals surface area contributed by atoms with E-state index in [-0.39, 0.29) is 24.2 Å². The van der Waals surface area contributed by atoms with E-state index in [0.29, 0.717) is 18.9 Å². The van der Waals surface area contributed by atoms with Gasteiger partial charge in [-0.25, -0.2) is 0 Å². The van der Waals surface area contributed by atoms with Crippen LogP contribution >= 0.6 is 0 Å². The third kappa shape index (κ3) is 3.39. The van der Waals surface area contributed by atoms with Crippen LogP contribution in [0.2, 0.25) is 0 Å². The molecule has 2 aromatic rings. The van der Waals surface area contributed by atoms with Crippen LogP contribution in [0.3, 0.4) is 0 Å². The first-order valence-electron chi connectivity index (χ1n) is 8.76. The van der Waals surface area contributed by atoms with Gasteiger partial charge >= 0.3 is 0 Å². The van der Waals surface area contributed by atoms with Crippen molar-refractivity contribution in [1.29, 1.82) is 0 Å². The minimum absolute atomic E-state index is 0.0331. The lowest BCUT2D eigenvalue weighted by Gasteiger charge is -2.35. The summed E-state index contributed by atoms with van der Waals surface area (Å²) in [5, 5.41) is 0. The fourth-order valence-corrected chi connectivity index (χ4v) is 3.69. The second-order valence-corrected chi connectivity index (χ2v) is 6.64. The molecule has 0 radical (unpaired) electrons. The molecule has 2 aliphatic rings. The molecule has 2 saturated heterocycles. The first-order valence-corrected chi connectivity index (χ1v) is 8.76. The van der Waals surface area contributed by atoms with Gasteiger partial charge in [0, 0.05) is 12.7 Å². The van der Waals surface area contributed by atoms with Gasteiger partial charge in [0.1, 0.15) is 18.1 Å². The fourth-order valence-electron chi connectivity index (χ4n) is 3.69. The predicted octanol–water partition coefficient (Wildman–Crippen LogP) is 2.82. The second-order valence-electron chi connectivity index (χ2n) is 6.64. The van der Waals surface area contributed by atoms with Crippen molar-refractivity contribution in [3.63, 3.8) is 0 Å². The van der Waals surface area contributed by atoms with Crippen LogP contribution in [0.25, 0.3) is 0 Å². The summed E-state index contributed by atoms with van der Waals surface area (Å²) in [6.45, 7) is 3.07. The second kappa shape index (κ2) is 6.88. The Morgan fingerprint density at radius 3 is 3.00 bits per heavy atom. The maximum absolute atomic E-state index is 12.7. The van der Waals surface area contributed by atoms with E-state index in [9.17, 15) is 4.79 Å². The van der Waals surface area contributed by atoms with Crippen LogP contribution in [0.15, 0.2) is 41.1 Å². The molecular formula is C19H22N2O4. The number of hydrogen-bond donors (Lipinski definition) is 0. The Balaban J connectivity index is 1.34. The Morgan fingerprint density at radius 1 is 1.32 bits per heavy atom. The minimum atomic E-state index is -0.0331. The number of aryl methyl sites for hydroxylation is 1. The highest BCUT2D eigenvalue weighted by Gasteiger charge is 2.42. The number of hydrogen-bond acceptors (Lipinski definition) is 5. The van der Waals surface area contributed by atoms with E-state index < -0.39 is 0 Å². The van der Waals surface area contributed by atoms with Gasteiger partial charge in [0.25, 0.3) is 5.91 Å². The van der Waals surface area contributed by atoms with Crippen molar-refractivity contribution in [2.24, 2.45) is 0 Å². The van der Waals surface area contributed by atoms with Crippen LogP contribution < -0.4 is 4.74 Å². The summed E-state index contributed by atoms with van der Waals surface area (Å²) in [5.41, 5.74) is 0. The molecule has 0 aliphatic carbocycles. The first kappa shape index (κ1) is 16.1. The van der Waals surface area contributed by atoms with Crippen molar-refractivity contribution in [3.05, 3.63) is 48.2 Å². The Hall–Kier alpha value is -2.34. The molecule has 25 heavy (non-hydrogen) atoms. The maximum Gasteiger partial charge on any atom is 0.289 e. The highest BCUT2D eigenvalue weighted by Crippen LogP contribution is 2.32. The summed E-state index contributed by atoms with van der Waals surface area (Å²) >= 11 is 0. The Labute approximate surface area is 146 Å². The number of nitrogens with zero attached hydrogens (tertiary/aromatic N) is 2. The third-order valence-corrected chi connectivity index (χ3v) is 4.92. The lowest BCUT2D eigenvalue weighted by atomic mass is 9.99. The average Bonchev–Trinajstić information content (AvgIpc) is 3.26. The lowest BCUT2D eigenvalue weighted by molar-refractivity contribution is -0.0804. The van der Waals surface area contributed by atoms with Gasteiger partial charge in [-0.15, -0.1) is 0 Å². The van der Waals surface area contributed by atoms with E-state index in [2.05, 4.69) is 4.98 Å². The smallest absolute Gasteiger partial charge is 0.289 e. The van der Waals surface area contributed by atoms with Crippen LogP contribution in [0.4, 0.5) is 0 Å². The number of ether oxygens (including phenoxy) is 2. The lowest BCUT2D eigenvalue weighted by Crippen LogP contribution is -2.46. The van der Waals surface area contributed by atoms with Crippen LogP contribution in [0.1, 0.15) is 35.6 Å². The molecule has 132 valence electrons. The molecule has 1 amide bonds. The number of carbonyl (C=O) groups excluding carboxylic acids is 1. The summed E-state index contributed by atoms with van der Waals surface area (Å²) in [6.07, 6.45) is 6.23. The van der Waals surface area contributed by atoms with E-state index in [4.69, 9.17) is 13.9 Å². The van der Waals surface area contributed by atoms with Gasteiger partial charge in [0.2, 0.25) is 0 Å². The number of aromatic nitrogens is 1. The van der Waals surface area contributed by atoms with E-state index in [0.717, 1.165) is 30.8 Å². The summed E-state index contributed by atoms with van der Waals surface area (Å²) in [7, 11) is 0. The first-order chi connectivity index (χ1) is 12.2. The van der Waals surface area contributed by atoms with E-state index >= 15 is 0 Å². The fraction of sp³-hybridized carbons (Fsp3) is 0.474. The number of pyridine rings is 1. The van der Waals surface area contributed by atoms with E-state index in [1.165, 1.54) is 0 Å². The normalized spacial score (nSPS) is 25.6. The van der Waals surface area contributed by atoms with Gasteiger partial charge in [0.05, 0.1) is 24.4 Å². The highest BCUT2D eigenvalue weighted by molar-refractivity contribution is 5.92. The Bertz CT molecular complexity index is 730. The topological polar surface area (TPSA) is 64.8 Å². The highest BCUT2D eigenvalue weighted by atomic mass is 16.5. The molecule has 2 unspecified atom stereocenters. The van der Waals surface area contributed by atoms with Gasteiger partial charge < -0.3 is 18.8 Å². The Morgan fingerprint density at radius 2 is 2.24 bits per heavy atom. The zero-order valence-corrected chi connectivity index (χ0v) is 14.3. The van der Waals surface area contributed by atoms with Crippen molar-refractivity contribution < 1.29 is 18.7 Å². The molecule has 0 spiro atoms. The SMILES string of the molecule is Cc1ccc(C(=O)N2CCC3O[C@@H](COc4cccnc4)CCC32)o1. The molecule has 2 fully saturated rings. The molecule has 0 bridgehead atoms. The largest absolute Gasteiger partial charge is 0.489 e. The molecule has 6 heteroatoms. The van der Waals surface area contributed by atoms with Gasteiger partial charge in [0.15, 0.2) is 5.76 Å². The number of carbonyl (C=O) groups is 1. The summed E-state index contributed by atoms with van der Waals surface area (Å²) in [5.74, 6) is 1.89. The number of amides is 1. The average molecular weight is 342 g/mol. The van der Waals surface area contributed by atoms with Gasteiger partial charge in [-0.2, -0.15) is 0 Å². The monoisotopic (exact) mass is 342 g/mol. The van der Waals surface area contributed by atoms with Crippen molar-refractivity contribution in [2.75, 3.05) is 13.2 Å². The molecule has 0 N–H and O–H groups in total. The molecular weight excluding hydrogens is 320 g/mol. The standard InChI is InChI=1S/C19H22N2O4/c1-13-4-7-18(24-13)19(22)21-10-8-17-16(21)6-5-15(25-17)12-23-14-3-2-9-20-11-14/h2-4,7,9,11,15-17H,5-6,8,10,12H2,1H3/t15-,16?,17?/m1/s1. The minimum Gasteiger partial charge on any atom is -0.489 e. The third-order valence-electron chi connectivity index (χ3n) is 4.92. The van der Waals surface area contributed by atoms with Crippen molar-refractivity contribution in [1.82, 2.24) is 9.88 Å². The summed E-state index contributed by atoms with van der Waals surface area (Å²) in [6, 6.07) is 7.44. The van der Waals surface area contributed by atoms with Crippen molar-refractivity contribution >= 4 is 5.91 Å². The van der Waals surface area contributed by atoms with Gasteiger partial charge in [-0.3, -0.25) is 9.78 Å². The van der Waals surface area contributed by atoms with E-state index in [1.54, 1.807) is 18.5 Å². The molecule has 3 atom stereocenters. The van der Waals surface area contributed by atoms with Crippen LogP contribution in [0.5, 0.6) is 5.75 Å². The number of fused-ring (bicyclic) bond motifs is 1. The van der Waals surface area contributed by atoms with Crippen molar-refractivity contribution in [2.45, 2.75) is 44.4 Å². The van der Waals surface area contributed by atoms with Crippen LogP contribution in [0, 0.1) is 6.92 Å². The molecule has 2 aromatic heterocycles. The van der Waals surface area contributed by atoms with Crippen LogP contribution in [-0.2, 0) is 4.74 Å². The molecule has 2 aliphatic heterocycles. The molecule has 4 rings (SSSR count). The number of likely N-dealkylation sites (tertiary alicyclic amines) is 1. The predicted molar refractivity (Wildman–Crippen MR) is 90.5 cm³/mol. The molecule has 4 heterocycles. The van der Waals surface area contributed by atoms with Gasteiger partial charge in [-0.1, -0.05) is 0 Å². The zero-order chi connectivity index (χ0) is 17.2. The number of rotatable bonds is 4. The van der Waals surface area contributed by atoms with E-state index in [1.807, 2.05) is 30.0 Å². The molecule has 0 aromatic carbocycles. The van der Waals surface area contributed by atoms with Gasteiger partial charge in [-0.05, 0) is 50.5 Å². The zero-order valence-electron chi connectivity index (χ0n) is 14.3. The van der Waals surface area contributed by atoms with Crippen LogP contribution in [-0.4, -0.2) is 47.2 Å². The molecule has 6 nitrogen and oxygen atoms in total.